The van der Waals surface area contributed by atoms with Crippen LogP contribution in [0.25, 0.3) is 5.82 Å². The molecule has 0 aliphatic rings. The van der Waals surface area contributed by atoms with Gasteiger partial charge in [-0.25, -0.2) is 18.9 Å². The summed E-state index contributed by atoms with van der Waals surface area (Å²) in [6.45, 7) is 1.50. The zero-order valence-electron chi connectivity index (χ0n) is 8.55. The van der Waals surface area contributed by atoms with Crippen molar-refractivity contribution in [3.05, 3.63) is 34.8 Å². The van der Waals surface area contributed by atoms with Crippen LogP contribution in [0.15, 0.2) is 12.4 Å². The lowest BCUT2D eigenvalue weighted by Crippen LogP contribution is -2.03. The van der Waals surface area contributed by atoms with Crippen molar-refractivity contribution in [1.29, 1.82) is 0 Å². The minimum atomic E-state index is -1.14. The van der Waals surface area contributed by atoms with Gasteiger partial charge in [-0.15, -0.1) is 0 Å². The van der Waals surface area contributed by atoms with E-state index in [2.05, 4.69) is 15.1 Å². The van der Waals surface area contributed by atoms with Gasteiger partial charge in [0, 0.05) is 6.20 Å². The maximum absolute atomic E-state index is 13.4. The zero-order valence-corrected chi connectivity index (χ0v) is 9.31. The summed E-state index contributed by atoms with van der Waals surface area (Å²) in [6.07, 6.45) is 2.06. The highest BCUT2D eigenvalue weighted by Crippen LogP contribution is 2.14. The highest BCUT2D eigenvalue weighted by molar-refractivity contribution is 6.28. The van der Waals surface area contributed by atoms with Crippen LogP contribution in [0, 0.1) is 12.7 Å². The molecule has 0 radical (unpaired) electrons. The van der Waals surface area contributed by atoms with E-state index in [0.717, 1.165) is 10.9 Å². The molecule has 0 fully saturated rings. The molecule has 2 aromatic heterocycles. The van der Waals surface area contributed by atoms with Crippen LogP contribution in [0.2, 0.25) is 5.28 Å². The van der Waals surface area contributed by atoms with Crippen molar-refractivity contribution in [3.63, 3.8) is 0 Å². The van der Waals surface area contributed by atoms with E-state index in [0.29, 0.717) is 0 Å². The lowest BCUT2D eigenvalue weighted by atomic mass is 10.3. The normalized spacial score (nSPS) is 10.5. The maximum Gasteiger partial charge on any atom is 0.339 e. The summed E-state index contributed by atoms with van der Waals surface area (Å²) in [6, 6.07) is 0. The molecule has 2 aromatic rings. The van der Waals surface area contributed by atoms with Gasteiger partial charge in [0.25, 0.3) is 0 Å². The van der Waals surface area contributed by atoms with Gasteiger partial charge in [0.05, 0.1) is 11.9 Å². The number of aromatic carboxylic acids is 1. The van der Waals surface area contributed by atoms with Gasteiger partial charge < -0.3 is 5.11 Å². The van der Waals surface area contributed by atoms with Gasteiger partial charge in [0.2, 0.25) is 5.28 Å². The van der Waals surface area contributed by atoms with Crippen LogP contribution in [-0.4, -0.2) is 30.8 Å². The SMILES string of the molecule is Cc1nn(-c2nc(Cl)ncc2F)cc1C(=O)O. The molecule has 8 heteroatoms. The Balaban J connectivity index is 2.57. The quantitative estimate of drug-likeness (QED) is 0.823. The highest BCUT2D eigenvalue weighted by atomic mass is 35.5. The van der Waals surface area contributed by atoms with Crippen molar-refractivity contribution in [2.75, 3.05) is 0 Å². The van der Waals surface area contributed by atoms with Crippen molar-refractivity contribution < 1.29 is 14.3 Å². The molecule has 0 spiro atoms. The van der Waals surface area contributed by atoms with Crippen LogP contribution >= 0.6 is 11.6 Å². The second-order valence-electron chi connectivity index (χ2n) is 3.19. The largest absolute Gasteiger partial charge is 0.478 e. The van der Waals surface area contributed by atoms with E-state index in [1.165, 1.54) is 13.1 Å². The number of carbonyl (C=O) groups is 1. The summed E-state index contributed by atoms with van der Waals surface area (Å²) < 4.78 is 14.4. The van der Waals surface area contributed by atoms with Crippen molar-refractivity contribution in [2.45, 2.75) is 6.92 Å². The number of carboxylic acid groups (broad SMARTS) is 1. The van der Waals surface area contributed by atoms with Gasteiger partial charge in [-0.2, -0.15) is 10.1 Å². The average Bonchev–Trinajstić information content (AvgIpc) is 2.64. The van der Waals surface area contributed by atoms with E-state index in [1.807, 2.05) is 0 Å². The fourth-order valence-corrected chi connectivity index (χ4v) is 1.41. The fourth-order valence-electron chi connectivity index (χ4n) is 1.28. The van der Waals surface area contributed by atoms with Crippen LogP contribution in [0.3, 0.4) is 0 Å². The van der Waals surface area contributed by atoms with Crippen LogP contribution in [0.4, 0.5) is 4.39 Å². The van der Waals surface area contributed by atoms with Gasteiger partial charge in [-0.3, -0.25) is 0 Å². The molecule has 17 heavy (non-hydrogen) atoms. The molecule has 0 amide bonds. The molecule has 2 heterocycles. The Morgan fingerprint density at radius 1 is 1.59 bits per heavy atom. The first-order valence-electron chi connectivity index (χ1n) is 4.47. The molecule has 0 aliphatic carbocycles. The predicted octanol–water partition coefficient (Wildman–Crippen LogP) is 1.46. The van der Waals surface area contributed by atoms with E-state index in [4.69, 9.17) is 16.7 Å². The monoisotopic (exact) mass is 256 g/mol. The Bertz CT molecular complexity index is 599. The van der Waals surface area contributed by atoms with Crippen LogP contribution in [0.5, 0.6) is 0 Å². The highest BCUT2D eigenvalue weighted by Gasteiger charge is 2.16. The minimum Gasteiger partial charge on any atom is -0.478 e. The second-order valence-corrected chi connectivity index (χ2v) is 3.53. The van der Waals surface area contributed by atoms with E-state index in [-0.39, 0.29) is 22.4 Å². The van der Waals surface area contributed by atoms with Crippen molar-refractivity contribution in [1.82, 2.24) is 19.7 Å². The first-order chi connectivity index (χ1) is 7.99. The molecule has 0 aromatic carbocycles. The molecule has 0 atom stereocenters. The zero-order chi connectivity index (χ0) is 12.6. The molecule has 0 unspecified atom stereocenters. The fraction of sp³-hybridized carbons (Fsp3) is 0.111. The molecular weight excluding hydrogens is 251 g/mol. The Labute approximate surface area is 99.7 Å². The maximum atomic E-state index is 13.4. The summed E-state index contributed by atoms with van der Waals surface area (Å²) >= 11 is 5.53. The predicted molar refractivity (Wildman–Crippen MR) is 55.8 cm³/mol. The van der Waals surface area contributed by atoms with Crippen LogP contribution in [-0.2, 0) is 0 Å². The van der Waals surface area contributed by atoms with E-state index in [1.54, 1.807) is 0 Å². The van der Waals surface area contributed by atoms with E-state index in [9.17, 15) is 9.18 Å². The Kier molecular flexibility index (Phi) is 2.76. The third-order valence-electron chi connectivity index (χ3n) is 2.04. The van der Waals surface area contributed by atoms with Gasteiger partial charge in [0.1, 0.15) is 5.56 Å². The van der Waals surface area contributed by atoms with Crippen molar-refractivity contribution in [2.24, 2.45) is 0 Å². The Morgan fingerprint density at radius 2 is 2.29 bits per heavy atom. The summed E-state index contributed by atoms with van der Waals surface area (Å²) in [4.78, 5) is 17.9. The molecule has 88 valence electrons. The number of aromatic nitrogens is 4. The smallest absolute Gasteiger partial charge is 0.339 e. The summed E-state index contributed by atoms with van der Waals surface area (Å²) in [7, 11) is 0. The number of hydrogen-bond donors (Lipinski definition) is 1. The van der Waals surface area contributed by atoms with Crippen molar-refractivity contribution in [3.8, 4) is 5.82 Å². The number of nitrogens with zero attached hydrogens (tertiary/aromatic N) is 4. The molecule has 0 saturated carbocycles. The van der Waals surface area contributed by atoms with Crippen LogP contribution < -0.4 is 0 Å². The molecule has 2 rings (SSSR count). The number of hydrogen-bond acceptors (Lipinski definition) is 4. The topological polar surface area (TPSA) is 80.9 Å². The second kappa shape index (κ2) is 4.10. The standard InChI is InChI=1S/C9H6ClFN4O2/c1-4-5(8(16)17)3-15(14-4)7-6(11)2-12-9(10)13-7/h2-3H,1H3,(H,16,17). The number of carboxylic acids is 1. The van der Waals surface area contributed by atoms with Gasteiger partial charge in [-0.05, 0) is 18.5 Å². The van der Waals surface area contributed by atoms with Crippen LogP contribution in [0.1, 0.15) is 16.1 Å². The molecular formula is C9H6ClFN4O2. The number of rotatable bonds is 2. The van der Waals surface area contributed by atoms with Gasteiger partial charge >= 0.3 is 5.97 Å². The lowest BCUT2D eigenvalue weighted by molar-refractivity contribution is 0.0696. The summed E-state index contributed by atoms with van der Waals surface area (Å²) in [5.41, 5.74) is 0.228. The third kappa shape index (κ3) is 2.09. The Hall–Kier alpha value is -2.02. The molecule has 1 N–H and O–H groups in total. The van der Waals surface area contributed by atoms with Gasteiger partial charge in [-0.1, -0.05) is 0 Å². The molecule has 6 nitrogen and oxygen atoms in total. The van der Waals surface area contributed by atoms with E-state index < -0.39 is 11.8 Å². The van der Waals surface area contributed by atoms with E-state index >= 15 is 0 Å². The Morgan fingerprint density at radius 3 is 2.88 bits per heavy atom. The van der Waals surface area contributed by atoms with Crippen molar-refractivity contribution >= 4 is 17.6 Å². The first-order valence-corrected chi connectivity index (χ1v) is 4.85. The van der Waals surface area contributed by atoms with Gasteiger partial charge in [0.15, 0.2) is 11.6 Å². The summed E-state index contributed by atoms with van der Waals surface area (Å²) in [5, 5.41) is 12.5. The first kappa shape index (κ1) is 11.5. The third-order valence-corrected chi connectivity index (χ3v) is 2.22. The number of halogens is 2. The summed E-state index contributed by atoms with van der Waals surface area (Å²) in [5.74, 6) is -2.08. The number of aryl methyl sites for hydroxylation is 1. The molecule has 0 aliphatic heterocycles. The lowest BCUT2D eigenvalue weighted by Gasteiger charge is -2.00. The minimum absolute atomic E-state index is 0.0286. The molecule has 0 bridgehead atoms. The molecule has 0 saturated heterocycles. The average molecular weight is 257 g/mol.